The third-order valence-electron chi connectivity index (χ3n) is 1.45. The Balaban J connectivity index is 3.20. The molecule has 0 aliphatic rings. The van der Waals surface area contributed by atoms with E-state index in [0.29, 0.717) is 4.90 Å². The minimum absolute atomic E-state index is 0.0633. The van der Waals surface area contributed by atoms with Gasteiger partial charge in [-0.25, -0.2) is 8.78 Å². The van der Waals surface area contributed by atoms with Crippen LogP contribution in [0.2, 0.25) is 5.02 Å². The fraction of sp³-hybridized carbons (Fsp3) is 0.250. The fourth-order valence-electron chi connectivity index (χ4n) is 0.907. The molecule has 1 rings (SSSR count). The molecule has 0 amide bonds. The molecule has 1 aromatic carbocycles. The van der Waals surface area contributed by atoms with Gasteiger partial charge >= 0.3 is 0 Å². The number of rotatable bonds is 2. The summed E-state index contributed by atoms with van der Waals surface area (Å²) in [6.45, 7) is 0. The topological polar surface area (TPSA) is 0 Å². The van der Waals surface area contributed by atoms with E-state index in [9.17, 15) is 8.78 Å². The summed E-state index contributed by atoms with van der Waals surface area (Å²) in [7, 11) is 0. The Morgan fingerprint density at radius 3 is 2.50 bits per heavy atom. The van der Waals surface area contributed by atoms with Crippen molar-refractivity contribution in [2.24, 2.45) is 0 Å². The van der Waals surface area contributed by atoms with Crippen LogP contribution in [0.5, 0.6) is 0 Å². The summed E-state index contributed by atoms with van der Waals surface area (Å²) in [4.78, 5) is 0.539. The Morgan fingerprint density at radius 1 is 1.42 bits per heavy atom. The van der Waals surface area contributed by atoms with Crippen LogP contribution < -0.4 is 0 Å². The quantitative estimate of drug-likeness (QED) is 0.662. The molecular weight excluding hydrogens is 202 g/mol. The van der Waals surface area contributed by atoms with Gasteiger partial charge in [-0.2, -0.15) is 0 Å². The van der Waals surface area contributed by atoms with Gasteiger partial charge in [0.25, 0.3) is 6.43 Å². The van der Waals surface area contributed by atoms with Gasteiger partial charge in [-0.15, -0.1) is 11.8 Å². The van der Waals surface area contributed by atoms with Gasteiger partial charge in [-0.3, -0.25) is 0 Å². The zero-order valence-corrected chi connectivity index (χ0v) is 7.92. The molecule has 66 valence electrons. The monoisotopic (exact) mass is 208 g/mol. The molecule has 0 aliphatic heterocycles. The molecule has 1 aromatic rings. The van der Waals surface area contributed by atoms with Gasteiger partial charge in [0.2, 0.25) is 0 Å². The second kappa shape index (κ2) is 4.10. The Labute approximate surface area is 78.9 Å². The molecule has 12 heavy (non-hydrogen) atoms. The highest BCUT2D eigenvalue weighted by molar-refractivity contribution is 7.98. The molecule has 0 saturated carbocycles. The zero-order chi connectivity index (χ0) is 9.14. The summed E-state index contributed by atoms with van der Waals surface area (Å²) in [6.07, 6.45) is -0.751. The first-order valence-corrected chi connectivity index (χ1v) is 4.87. The SMILES string of the molecule is CSc1cccc(Cl)c1C(F)F. The summed E-state index contributed by atoms with van der Waals surface area (Å²) in [5.41, 5.74) is -0.0633. The summed E-state index contributed by atoms with van der Waals surface area (Å²) in [5, 5.41) is 0.136. The average Bonchev–Trinajstić information content (AvgIpc) is 2.03. The summed E-state index contributed by atoms with van der Waals surface area (Å²) in [6, 6.07) is 4.78. The van der Waals surface area contributed by atoms with Crippen LogP contribution in [-0.4, -0.2) is 6.26 Å². The Morgan fingerprint density at radius 2 is 2.08 bits per heavy atom. The van der Waals surface area contributed by atoms with E-state index >= 15 is 0 Å². The van der Waals surface area contributed by atoms with Crippen molar-refractivity contribution in [1.82, 2.24) is 0 Å². The van der Waals surface area contributed by atoms with Crippen molar-refractivity contribution in [2.75, 3.05) is 6.26 Å². The molecule has 0 spiro atoms. The predicted octanol–water partition coefficient (Wildman–Crippen LogP) is 4.00. The van der Waals surface area contributed by atoms with E-state index in [0.717, 1.165) is 0 Å². The van der Waals surface area contributed by atoms with Crippen LogP contribution in [-0.2, 0) is 0 Å². The Bertz CT molecular complexity index is 276. The molecular formula is C8H7ClF2S. The van der Waals surface area contributed by atoms with Crippen LogP contribution in [0, 0.1) is 0 Å². The highest BCUT2D eigenvalue weighted by atomic mass is 35.5. The third kappa shape index (κ3) is 1.90. The minimum atomic E-state index is -2.50. The van der Waals surface area contributed by atoms with E-state index in [1.54, 1.807) is 18.4 Å². The van der Waals surface area contributed by atoms with Gasteiger partial charge in [-0.05, 0) is 18.4 Å². The fourth-order valence-corrected chi connectivity index (χ4v) is 1.85. The smallest absolute Gasteiger partial charge is 0.205 e. The van der Waals surface area contributed by atoms with Gasteiger partial charge in [0.15, 0.2) is 0 Å². The van der Waals surface area contributed by atoms with Crippen LogP contribution >= 0.6 is 23.4 Å². The van der Waals surface area contributed by atoms with Crippen LogP contribution in [0.4, 0.5) is 8.78 Å². The minimum Gasteiger partial charge on any atom is -0.205 e. The highest BCUT2D eigenvalue weighted by Crippen LogP contribution is 2.34. The first-order valence-electron chi connectivity index (χ1n) is 3.27. The second-order valence-electron chi connectivity index (χ2n) is 2.16. The first-order chi connectivity index (χ1) is 5.66. The lowest BCUT2D eigenvalue weighted by Crippen LogP contribution is -1.88. The maximum absolute atomic E-state index is 12.4. The standard InChI is InChI=1S/C8H7ClF2S/c1-12-6-4-2-3-5(9)7(6)8(10)11/h2-4,8H,1H3. The molecule has 0 N–H and O–H groups in total. The Hall–Kier alpha value is -0.280. The molecule has 0 unspecified atom stereocenters. The molecule has 0 heterocycles. The van der Waals surface area contributed by atoms with E-state index in [2.05, 4.69) is 0 Å². The van der Waals surface area contributed by atoms with E-state index in [-0.39, 0.29) is 10.6 Å². The van der Waals surface area contributed by atoms with Gasteiger partial charge < -0.3 is 0 Å². The number of alkyl halides is 2. The highest BCUT2D eigenvalue weighted by Gasteiger charge is 2.15. The molecule has 0 bridgehead atoms. The number of hydrogen-bond donors (Lipinski definition) is 0. The predicted molar refractivity (Wildman–Crippen MR) is 48.2 cm³/mol. The molecule has 0 saturated heterocycles. The van der Waals surface area contributed by atoms with E-state index in [4.69, 9.17) is 11.6 Å². The van der Waals surface area contributed by atoms with Crippen LogP contribution in [0.1, 0.15) is 12.0 Å². The molecule has 0 aromatic heterocycles. The largest absolute Gasteiger partial charge is 0.266 e. The van der Waals surface area contributed by atoms with E-state index < -0.39 is 6.43 Å². The van der Waals surface area contributed by atoms with E-state index in [1.165, 1.54) is 17.8 Å². The van der Waals surface area contributed by atoms with Gasteiger partial charge in [0, 0.05) is 10.5 Å². The normalized spacial score (nSPS) is 10.8. The van der Waals surface area contributed by atoms with Gasteiger partial charge in [0.1, 0.15) is 0 Å². The molecule has 4 heteroatoms. The van der Waals surface area contributed by atoms with Crippen molar-refractivity contribution in [3.63, 3.8) is 0 Å². The average molecular weight is 209 g/mol. The van der Waals surface area contributed by atoms with Crippen molar-refractivity contribution in [3.8, 4) is 0 Å². The number of hydrogen-bond acceptors (Lipinski definition) is 1. The summed E-state index contributed by atoms with van der Waals surface area (Å²) >= 11 is 6.88. The van der Waals surface area contributed by atoms with Crippen LogP contribution in [0.25, 0.3) is 0 Å². The molecule has 0 fully saturated rings. The second-order valence-corrected chi connectivity index (χ2v) is 3.41. The molecule has 0 radical (unpaired) electrons. The van der Waals surface area contributed by atoms with Crippen molar-refractivity contribution in [3.05, 3.63) is 28.8 Å². The lowest BCUT2D eigenvalue weighted by atomic mass is 10.2. The number of thioether (sulfide) groups is 1. The van der Waals surface area contributed by atoms with Crippen molar-refractivity contribution in [1.29, 1.82) is 0 Å². The summed E-state index contributed by atoms with van der Waals surface area (Å²) in [5.74, 6) is 0. The maximum atomic E-state index is 12.4. The van der Waals surface area contributed by atoms with Crippen LogP contribution in [0.3, 0.4) is 0 Å². The molecule has 0 nitrogen and oxygen atoms in total. The molecule has 0 atom stereocenters. The van der Waals surface area contributed by atoms with Crippen molar-refractivity contribution >= 4 is 23.4 Å². The summed E-state index contributed by atoms with van der Waals surface area (Å²) < 4.78 is 24.8. The Kier molecular flexibility index (Phi) is 3.35. The van der Waals surface area contributed by atoms with Crippen LogP contribution in [0.15, 0.2) is 23.1 Å². The third-order valence-corrected chi connectivity index (χ3v) is 2.58. The van der Waals surface area contributed by atoms with Gasteiger partial charge in [0.05, 0.1) is 5.02 Å². The first kappa shape index (κ1) is 9.81. The molecule has 0 aliphatic carbocycles. The van der Waals surface area contributed by atoms with Crippen molar-refractivity contribution in [2.45, 2.75) is 11.3 Å². The zero-order valence-electron chi connectivity index (χ0n) is 6.35. The van der Waals surface area contributed by atoms with E-state index in [1.807, 2.05) is 0 Å². The number of benzene rings is 1. The van der Waals surface area contributed by atoms with Crippen molar-refractivity contribution < 1.29 is 8.78 Å². The maximum Gasteiger partial charge on any atom is 0.266 e. The lowest BCUT2D eigenvalue weighted by molar-refractivity contribution is 0.148. The number of halogens is 3. The van der Waals surface area contributed by atoms with Gasteiger partial charge in [-0.1, -0.05) is 17.7 Å². The lowest BCUT2D eigenvalue weighted by Gasteiger charge is -2.07.